The quantitative estimate of drug-likeness (QED) is 0.661. The normalized spacial score (nSPS) is 10.9. The molecule has 0 amide bonds. The molecule has 0 aliphatic heterocycles. The van der Waals surface area contributed by atoms with E-state index in [1.165, 1.54) is 11.8 Å². The van der Waals surface area contributed by atoms with Crippen LogP contribution in [0.15, 0.2) is 36.9 Å². The van der Waals surface area contributed by atoms with E-state index in [0.29, 0.717) is 5.15 Å². The summed E-state index contributed by atoms with van der Waals surface area (Å²) in [6.07, 6.45) is 6.90. The minimum Gasteiger partial charge on any atom is -0.259 e. The molecule has 0 atom stereocenters. The maximum absolute atomic E-state index is 5.84. The van der Waals surface area contributed by atoms with Crippen LogP contribution in [0.5, 0.6) is 0 Å². The molecule has 0 aromatic carbocycles. The van der Waals surface area contributed by atoms with Gasteiger partial charge >= 0.3 is 0 Å². The molecule has 3 heterocycles. The lowest BCUT2D eigenvalue weighted by Crippen LogP contribution is -1.88. The Morgan fingerprint density at radius 2 is 2.12 bits per heavy atom. The van der Waals surface area contributed by atoms with Gasteiger partial charge in [-0.15, -0.1) is 0 Å². The van der Waals surface area contributed by atoms with Crippen LogP contribution in [-0.4, -0.2) is 19.6 Å². The average molecular weight is 245 g/mol. The fourth-order valence-corrected chi connectivity index (χ4v) is 1.90. The molecule has 0 saturated heterocycles. The van der Waals surface area contributed by atoms with Crippen LogP contribution < -0.4 is 0 Å². The second kappa shape index (κ2) is 3.82. The van der Waals surface area contributed by atoms with Crippen molar-refractivity contribution in [3.05, 3.63) is 47.6 Å². The van der Waals surface area contributed by atoms with Gasteiger partial charge in [-0.1, -0.05) is 11.6 Å². The number of fused-ring (bicyclic) bond motifs is 1. The van der Waals surface area contributed by atoms with Crippen LogP contribution >= 0.6 is 11.6 Å². The maximum atomic E-state index is 5.84. The van der Waals surface area contributed by atoms with E-state index in [9.17, 15) is 0 Å². The van der Waals surface area contributed by atoms with Gasteiger partial charge in [0.25, 0.3) is 0 Å². The van der Waals surface area contributed by atoms with E-state index in [0.717, 1.165) is 16.8 Å². The standard InChI is InChI=1S/C12H9ClN4/c1-8-2-3-17-11(4-8)9(5-15-17)10-6-14-7-12(13)16-10/h2-7H,1H3. The van der Waals surface area contributed by atoms with Gasteiger partial charge in [-0.3, -0.25) is 4.98 Å². The van der Waals surface area contributed by atoms with E-state index in [-0.39, 0.29) is 0 Å². The van der Waals surface area contributed by atoms with Gasteiger partial charge in [-0.05, 0) is 24.6 Å². The Morgan fingerprint density at radius 3 is 2.94 bits per heavy atom. The van der Waals surface area contributed by atoms with E-state index in [1.54, 1.807) is 12.4 Å². The molecule has 5 heteroatoms. The first kappa shape index (κ1) is 10.2. The van der Waals surface area contributed by atoms with Crippen molar-refractivity contribution in [3.8, 4) is 11.3 Å². The first-order valence-corrected chi connectivity index (χ1v) is 5.54. The van der Waals surface area contributed by atoms with Crippen LogP contribution in [0, 0.1) is 6.92 Å². The first-order chi connectivity index (χ1) is 8.24. The molecule has 4 nitrogen and oxygen atoms in total. The topological polar surface area (TPSA) is 43.1 Å². The molecule has 0 saturated carbocycles. The summed E-state index contributed by atoms with van der Waals surface area (Å²) in [4.78, 5) is 8.28. The molecule has 0 N–H and O–H groups in total. The molecule has 84 valence electrons. The fourth-order valence-electron chi connectivity index (χ4n) is 1.76. The third-order valence-corrected chi connectivity index (χ3v) is 2.74. The minimum atomic E-state index is 0.384. The van der Waals surface area contributed by atoms with Crippen molar-refractivity contribution < 1.29 is 0 Å². The Kier molecular flexibility index (Phi) is 2.30. The van der Waals surface area contributed by atoms with Crippen LogP contribution in [0.1, 0.15) is 5.56 Å². The Labute approximate surface area is 103 Å². The predicted octanol–water partition coefficient (Wildman–Crippen LogP) is 2.75. The van der Waals surface area contributed by atoms with Crippen LogP contribution in [0.3, 0.4) is 0 Å². The lowest BCUT2D eigenvalue weighted by molar-refractivity contribution is 0.958. The number of pyridine rings is 1. The number of halogens is 1. The van der Waals surface area contributed by atoms with Crippen LogP contribution in [0.4, 0.5) is 0 Å². The second-order valence-corrected chi connectivity index (χ2v) is 4.21. The molecule has 0 spiro atoms. The van der Waals surface area contributed by atoms with Gasteiger partial charge < -0.3 is 0 Å². The van der Waals surface area contributed by atoms with Gasteiger partial charge in [0.1, 0.15) is 5.15 Å². The third-order valence-electron chi connectivity index (χ3n) is 2.56. The van der Waals surface area contributed by atoms with Crippen molar-refractivity contribution in [2.45, 2.75) is 6.92 Å². The highest BCUT2D eigenvalue weighted by atomic mass is 35.5. The van der Waals surface area contributed by atoms with Gasteiger partial charge in [0.2, 0.25) is 0 Å². The predicted molar refractivity (Wildman–Crippen MR) is 66.0 cm³/mol. The monoisotopic (exact) mass is 244 g/mol. The summed E-state index contributed by atoms with van der Waals surface area (Å²) in [5, 5.41) is 4.66. The van der Waals surface area contributed by atoms with Crippen molar-refractivity contribution >= 4 is 17.1 Å². The fraction of sp³-hybridized carbons (Fsp3) is 0.0833. The molecular weight excluding hydrogens is 236 g/mol. The van der Waals surface area contributed by atoms with Crippen molar-refractivity contribution in [3.63, 3.8) is 0 Å². The Morgan fingerprint density at radius 1 is 1.24 bits per heavy atom. The second-order valence-electron chi connectivity index (χ2n) is 3.82. The number of aromatic nitrogens is 4. The minimum absolute atomic E-state index is 0.384. The molecule has 3 rings (SSSR count). The Hall–Kier alpha value is -1.94. The van der Waals surface area contributed by atoms with Gasteiger partial charge in [-0.2, -0.15) is 5.10 Å². The first-order valence-electron chi connectivity index (χ1n) is 5.16. The summed E-state index contributed by atoms with van der Waals surface area (Å²) < 4.78 is 1.81. The number of nitrogens with zero attached hydrogens (tertiary/aromatic N) is 4. The van der Waals surface area contributed by atoms with Crippen molar-refractivity contribution in [2.75, 3.05) is 0 Å². The average Bonchev–Trinajstić information content (AvgIpc) is 2.71. The van der Waals surface area contributed by atoms with E-state index < -0.39 is 0 Å². The maximum Gasteiger partial charge on any atom is 0.148 e. The zero-order valence-electron chi connectivity index (χ0n) is 9.13. The summed E-state index contributed by atoms with van der Waals surface area (Å²) in [5.74, 6) is 0. The summed E-state index contributed by atoms with van der Waals surface area (Å²) in [7, 11) is 0. The molecule has 0 aliphatic rings. The third kappa shape index (κ3) is 1.76. The summed E-state index contributed by atoms with van der Waals surface area (Å²) >= 11 is 5.84. The number of aryl methyl sites for hydroxylation is 1. The highest BCUT2D eigenvalue weighted by molar-refractivity contribution is 6.29. The molecule has 3 aromatic heterocycles. The van der Waals surface area contributed by atoms with Gasteiger partial charge in [0.05, 0.1) is 29.8 Å². The SMILES string of the molecule is Cc1ccn2ncc(-c3cncc(Cl)n3)c2c1. The van der Waals surface area contributed by atoms with Gasteiger partial charge in [0, 0.05) is 11.8 Å². The van der Waals surface area contributed by atoms with E-state index in [1.807, 2.05) is 23.7 Å². The molecule has 3 aromatic rings. The van der Waals surface area contributed by atoms with Crippen LogP contribution in [0.2, 0.25) is 5.15 Å². The molecule has 0 unspecified atom stereocenters. The van der Waals surface area contributed by atoms with E-state index in [2.05, 4.69) is 21.1 Å². The molecular formula is C12H9ClN4. The number of hydrogen-bond acceptors (Lipinski definition) is 3. The van der Waals surface area contributed by atoms with Crippen molar-refractivity contribution in [1.82, 2.24) is 19.6 Å². The smallest absolute Gasteiger partial charge is 0.148 e. The lowest BCUT2D eigenvalue weighted by atomic mass is 10.2. The zero-order chi connectivity index (χ0) is 11.8. The lowest BCUT2D eigenvalue weighted by Gasteiger charge is -1.99. The molecule has 17 heavy (non-hydrogen) atoms. The van der Waals surface area contributed by atoms with E-state index >= 15 is 0 Å². The highest BCUT2D eigenvalue weighted by Gasteiger charge is 2.08. The number of rotatable bonds is 1. The molecule has 0 aliphatic carbocycles. The largest absolute Gasteiger partial charge is 0.259 e. The number of hydrogen-bond donors (Lipinski definition) is 0. The van der Waals surface area contributed by atoms with Crippen molar-refractivity contribution in [2.24, 2.45) is 0 Å². The van der Waals surface area contributed by atoms with Crippen LogP contribution in [-0.2, 0) is 0 Å². The summed E-state index contributed by atoms with van der Waals surface area (Å²) in [6, 6.07) is 4.07. The van der Waals surface area contributed by atoms with Crippen molar-refractivity contribution in [1.29, 1.82) is 0 Å². The van der Waals surface area contributed by atoms with E-state index in [4.69, 9.17) is 11.6 Å². The van der Waals surface area contributed by atoms with Gasteiger partial charge in [-0.25, -0.2) is 9.50 Å². The molecule has 0 fully saturated rings. The molecule has 0 bridgehead atoms. The Balaban J connectivity index is 2.27. The zero-order valence-corrected chi connectivity index (χ0v) is 9.89. The molecule has 0 radical (unpaired) electrons. The Bertz CT molecular complexity index is 690. The summed E-state index contributed by atoms with van der Waals surface area (Å²) in [5.41, 5.74) is 3.85. The van der Waals surface area contributed by atoms with Gasteiger partial charge in [0.15, 0.2) is 0 Å². The summed E-state index contributed by atoms with van der Waals surface area (Å²) in [6.45, 7) is 2.04. The van der Waals surface area contributed by atoms with Crippen LogP contribution in [0.25, 0.3) is 16.8 Å². The highest BCUT2D eigenvalue weighted by Crippen LogP contribution is 2.23.